The third-order valence-corrected chi connectivity index (χ3v) is 3.11. The zero-order chi connectivity index (χ0) is 15.8. The lowest BCUT2D eigenvalue weighted by Gasteiger charge is -2.28. The molecule has 1 atom stereocenters. The molecule has 1 amide bonds. The second-order valence-electron chi connectivity index (χ2n) is 5.82. The molecule has 0 saturated carbocycles. The maximum atomic E-state index is 12.5. The molecule has 1 unspecified atom stereocenters. The molecule has 0 bridgehead atoms. The second-order valence-corrected chi connectivity index (χ2v) is 5.82. The molecule has 1 aliphatic heterocycles. The fourth-order valence-corrected chi connectivity index (χ4v) is 2.27. The van der Waals surface area contributed by atoms with Gasteiger partial charge in [-0.2, -0.15) is 0 Å². The molecule has 112 valence electrons. The number of benzene rings is 1. The topological polar surface area (TPSA) is 55.8 Å². The minimum Gasteiger partial charge on any atom is -0.467 e. The summed E-state index contributed by atoms with van der Waals surface area (Å²) in [7, 11) is 1.28. The molecule has 0 radical (unpaired) electrons. The first-order valence-electron chi connectivity index (χ1n) is 6.64. The van der Waals surface area contributed by atoms with Crippen molar-refractivity contribution in [3.8, 4) is 0 Å². The summed E-state index contributed by atoms with van der Waals surface area (Å²) in [6.45, 7) is 9.24. The largest absolute Gasteiger partial charge is 0.467 e. The third kappa shape index (κ3) is 2.77. The van der Waals surface area contributed by atoms with Gasteiger partial charge in [-0.25, -0.2) is 9.59 Å². The number of methoxy groups -OCH3 is 1. The molecule has 21 heavy (non-hydrogen) atoms. The van der Waals surface area contributed by atoms with Crippen molar-refractivity contribution in [2.75, 3.05) is 12.0 Å². The summed E-state index contributed by atoms with van der Waals surface area (Å²) in [4.78, 5) is 25.8. The van der Waals surface area contributed by atoms with Crippen LogP contribution in [0.5, 0.6) is 0 Å². The summed E-state index contributed by atoms with van der Waals surface area (Å²) in [6.07, 6.45) is -0.594. The van der Waals surface area contributed by atoms with Crippen molar-refractivity contribution in [1.82, 2.24) is 0 Å². The molecule has 2 rings (SSSR count). The zero-order valence-corrected chi connectivity index (χ0v) is 12.7. The van der Waals surface area contributed by atoms with Crippen LogP contribution < -0.4 is 4.90 Å². The smallest absolute Gasteiger partial charge is 0.415 e. The van der Waals surface area contributed by atoms with E-state index in [2.05, 4.69) is 6.58 Å². The van der Waals surface area contributed by atoms with Crippen molar-refractivity contribution in [3.63, 3.8) is 0 Å². The highest BCUT2D eigenvalue weighted by Crippen LogP contribution is 2.40. The Morgan fingerprint density at radius 2 is 1.86 bits per heavy atom. The third-order valence-electron chi connectivity index (χ3n) is 3.11. The molecule has 5 nitrogen and oxygen atoms in total. The van der Waals surface area contributed by atoms with Crippen LogP contribution in [0.2, 0.25) is 0 Å². The molecule has 1 aromatic rings. The van der Waals surface area contributed by atoms with E-state index in [9.17, 15) is 9.59 Å². The number of anilines is 1. The van der Waals surface area contributed by atoms with Crippen molar-refractivity contribution >= 4 is 23.3 Å². The van der Waals surface area contributed by atoms with Crippen LogP contribution in [0, 0.1) is 0 Å². The van der Waals surface area contributed by atoms with E-state index in [1.54, 1.807) is 32.9 Å². The molecule has 1 aliphatic rings. The number of rotatable bonds is 1. The van der Waals surface area contributed by atoms with Gasteiger partial charge in [-0.15, -0.1) is 0 Å². The van der Waals surface area contributed by atoms with Gasteiger partial charge in [-0.1, -0.05) is 24.8 Å². The number of hydrogen-bond donors (Lipinski definition) is 0. The Kier molecular flexibility index (Phi) is 3.77. The van der Waals surface area contributed by atoms with Crippen LogP contribution >= 0.6 is 0 Å². The normalized spacial score (nSPS) is 17.4. The van der Waals surface area contributed by atoms with E-state index in [0.717, 1.165) is 5.56 Å². The van der Waals surface area contributed by atoms with Crippen molar-refractivity contribution in [2.24, 2.45) is 0 Å². The SMILES string of the molecule is C=C1c2ccccc2N(C(=O)OC(C)(C)C)C1C(=O)OC. The summed E-state index contributed by atoms with van der Waals surface area (Å²) in [5.41, 5.74) is 1.23. The number of esters is 1. The molecule has 5 heteroatoms. The summed E-state index contributed by atoms with van der Waals surface area (Å²) in [5.74, 6) is -0.540. The first-order chi connectivity index (χ1) is 9.76. The van der Waals surface area contributed by atoms with E-state index < -0.39 is 23.7 Å². The Hall–Kier alpha value is -2.30. The summed E-state index contributed by atoms with van der Waals surface area (Å²) < 4.78 is 10.2. The monoisotopic (exact) mass is 289 g/mol. The van der Waals surface area contributed by atoms with E-state index in [4.69, 9.17) is 9.47 Å². The molecule has 1 heterocycles. The van der Waals surface area contributed by atoms with Crippen LogP contribution in [0.15, 0.2) is 30.8 Å². The molecule has 0 aromatic heterocycles. The quantitative estimate of drug-likeness (QED) is 0.746. The fourth-order valence-electron chi connectivity index (χ4n) is 2.27. The van der Waals surface area contributed by atoms with Crippen LogP contribution in [-0.4, -0.2) is 30.8 Å². The lowest BCUT2D eigenvalue weighted by atomic mass is 10.0. The number of ether oxygens (including phenoxy) is 2. The van der Waals surface area contributed by atoms with Crippen molar-refractivity contribution in [3.05, 3.63) is 36.4 Å². The van der Waals surface area contributed by atoms with Gasteiger partial charge in [0.1, 0.15) is 5.60 Å². The Labute approximate surface area is 124 Å². The van der Waals surface area contributed by atoms with E-state index >= 15 is 0 Å². The van der Waals surface area contributed by atoms with Gasteiger partial charge in [-0.05, 0) is 32.4 Å². The number of carbonyl (C=O) groups is 2. The molecular weight excluding hydrogens is 270 g/mol. The van der Waals surface area contributed by atoms with Gasteiger partial charge < -0.3 is 9.47 Å². The predicted molar refractivity (Wildman–Crippen MR) is 80.0 cm³/mol. The Bertz CT molecular complexity index is 601. The molecular formula is C16H19NO4. The number of nitrogens with zero attached hydrogens (tertiary/aromatic N) is 1. The average Bonchev–Trinajstić information content (AvgIpc) is 2.70. The molecule has 0 saturated heterocycles. The van der Waals surface area contributed by atoms with Gasteiger partial charge in [0.15, 0.2) is 6.04 Å². The van der Waals surface area contributed by atoms with Crippen molar-refractivity contribution in [1.29, 1.82) is 0 Å². The van der Waals surface area contributed by atoms with Gasteiger partial charge >= 0.3 is 12.1 Å². The fraction of sp³-hybridized carbons (Fsp3) is 0.375. The molecule has 0 fully saturated rings. The number of para-hydroxylation sites is 1. The summed E-state index contributed by atoms with van der Waals surface area (Å²) in [6, 6.07) is 6.31. The minimum absolute atomic E-state index is 0.531. The zero-order valence-electron chi connectivity index (χ0n) is 12.7. The van der Waals surface area contributed by atoms with Crippen molar-refractivity contribution in [2.45, 2.75) is 32.4 Å². The second kappa shape index (κ2) is 5.24. The van der Waals surface area contributed by atoms with Crippen LogP contribution in [-0.2, 0) is 14.3 Å². The van der Waals surface area contributed by atoms with Crippen LogP contribution in [0.1, 0.15) is 26.3 Å². The van der Waals surface area contributed by atoms with Crippen LogP contribution in [0.3, 0.4) is 0 Å². The first-order valence-corrected chi connectivity index (χ1v) is 6.64. The predicted octanol–water partition coefficient (Wildman–Crippen LogP) is 3.00. The number of amides is 1. The lowest BCUT2D eigenvalue weighted by Crippen LogP contribution is -2.45. The number of hydrogen-bond acceptors (Lipinski definition) is 4. The van der Waals surface area contributed by atoms with Crippen LogP contribution in [0.4, 0.5) is 10.5 Å². The van der Waals surface area contributed by atoms with Crippen molar-refractivity contribution < 1.29 is 19.1 Å². The summed E-state index contributed by atoms with van der Waals surface area (Å²) in [5, 5.41) is 0. The average molecular weight is 289 g/mol. The number of fused-ring (bicyclic) bond motifs is 1. The minimum atomic E-state index is -0.887. The highest BCUT2D eigenvalue weighted by molar-refractivity contribution is 6.10. The maximum absolute atomic E-state index is 12.5. The highest BCUT2D eigenvalue weighted by Gasteiger charge is 2.43. The van der Waals surface area contributed by atoms with Gasteiger partial charge in [0.05, 0.1) is 12.8 Å². The number of carbonyl (C=O) groups excluding carboxylic acids is 2. The highest BCUT2D eigenvalue weighted by atomic mass is 16.6. The van der Waals surface area contributed by atoms with E-state index in [-0.39, 0.29) is 0 Å². The summed E-state index contributed by atoms with van der Waals surface area (Å²) >= 11 is 0. The lowest BCUT2D eigenvalue weighted by molar-refractivity contribution is -0.140. The Morgan fingerprint density at radius 3 is 2.43 bits per heavy atom. The molecule has 0 spiro atoms. The molecule has 1 aromatic carbocycles. The first kappa shape index (κ1) is 15.1. The maximum Gasteiger partial charge on any atom is 0.415 e. The standard InChI is InChI=1S/C16H19NO4/c1-10-11-8-6-7-9-12(11)17(13(10)14(18)20-5)15(19)21-16(2,3)4/h6-9,13H,1H2,2-5H3. The van der Waals surface area contributed by atoms with E-state index in [1.165, 1.54) is 12.0 Å². The molecule has 0 N–H and O–H groups in total. The van der Waals surface area contributed by atoms with Gasteiger partial charge in [-0.3, -0.25) is 4.90 Å². The van der Waals surface area contributed by atoms with E-state index in [0.29, 0.717) is 11.3 Å². The van der Waals surface area contributed by atoms with Gasteiger partial charge in [0.25, 0.3) is 0 Å². The Balaban J connectivity index is 2.46. The molecule has 0 aliphatic carbocycles. The van der Waals surface area contributed by atoms with Crippen LogP contribution in [0.25, 0.3) is 5.57 Å². The Morgan fingerprint density at radius 1 is 1.24 bits per heavy atom. The van der Waals surface area contributed by atoms with E-state index in [1.807, 2.05) is 12.1 Å². The van der Waals surface area contributed by atoms with Gasteiger partial charge in [0.2, 0.25) is 0 Å². The van der Waals surface area contributed by atoms with Gasteiger partial charge in [0, 0.05) is 5.56 Å².